The molecule has 0 aliphatic carbocycles. The summed E-state index contributed by atoms with van der Waals surface area (Å²) < 4.78 is 0. The zero-order valence-electron chi connectivity index (χ0n) is 6.10. The molecule has 0 atom stereocenters. The Labute approximate surface area is 80.9 Å². The summed E-state index contributed by atoms with van der Waals surface area (Å²) in [6, 6.07) is 5.72. The summed E-state index contributed by atoms with van der Waals surface area (Å²) >= 11 is 13.3. The molecule has 0 aliphatic rings. The molecule has 0 saturated carbocycles. The third-order valence-electron chi connectivity index (χ3n) is 1.30. The van der Waals surface area contributed by atoms with Gasteiger partial charge in [-0.25, -0.2) is 0 Å². The Morgan fingerprint density at radius 2 is 2.00 bits per heavy atom. The van der Waals surface area contributed by atoms with Gasteiger partial charge in [0.2, 0.25) is 0 Å². The van der Waals surface area contributed by atoms with Crippen LogP contribution in [-0.4, -0.2) is 6.26 Å². The van der Waals surface area contributed by atoms with E-state index in [2.05, 4.69) is 6.26 Å². The summed E-state index contributed by atoms with van der Waals surface area (Å²) in [6.07, 6.45) is 2.06. The first-order valence-electron chi connectivity index (χ1n) is 3.17. The zero-order chi connectivity index (χ0) is 8.27. The van der Waals surface area contributed by atoms with Crippen LogP contribution in [0.4, 0.5) is 0 Å². The van der Waals surface area contributed by atoms with Crippen molar-refractivity contribution in [3.05, 3.63) is 33.8 Å². The summed E-state index contributed by atoms with van der Waals surface area (Å²) in [5, 5.41) is 1.26. The van der Waals surface area contributed by atoms with Crippen LogP contribution >= 0.6 is 35.0 Å². The molecule has 1 aromatic rings. The van der Waals surface area contributed by atoms with Gasteiger partial charge >= 0.3 is 0 Å². The Morgan fingerprint density at radius 1 is 1.27 bits per heavy atom. The van der Waals surface area contributed by atoms with E-state index in [4.69, 9.17) is 23.2 Å². The predicted molar refractivity (Wildman–Crippen MR) is 53.7 cm³/mol. The minimum absolute atomic E-state index is 0.622. The molecule has 60 valence electrons. The number of rotatable bonds is 2. The van der Waals surface area contributed by atoms with E-state index < -0.39 is 0 Å². The van der Waals surface area contributed by atoms with Crippen molar-refractivity contribution in [2.45, 2.75) is 5.75 Å². The van der Waals surface area contributed by atoms with E-state index >= 15 is 0 Å². The molecule has 0 bridgehead atoms. The topological polar surface area (TPSA) is 0 Å². The van der Waals surface area contributed by atoms with Crippen LogP contribution in [0.25, 0.3) is 0 Å². The molecule has 0 radical (unpaired) electrons. The van der Waals surface area contributed by atoms with Crippen molar-refractivity contribution >= 4 is 35.0 Å². The van der Waals surface area contributed by atoms with Crippen molar-refractivity contribution in [3.8, 4) is 0 Å². The number of hydrogen-bond acceptors (Lipinski definition) is 1. The summed E-state index contributed by atoms with van der Waals surface area (Å²) in [4.78, 5) is 0. The largest absolute Gasteiger partial charge is 0.161 e. The van der Waals surface area contributed by atoms with Crippen molar-refractivity contribution in [2.75, 3.05) is 6.26 Å². The number of halogens is 2. The van der Waals surface area contributed by atoms with E-state index in [1.54, 1.807) is 11.8 Å². The first-order chi connectivity index (χ1) is 5.24. The molecule has 3 heteroatoms. The fourth-order valence-electron chi connectivity index (χ4n) is 0.796. The first-order valence-corrected chi connectivity index (χ1v) is 5.32. The Hall–Kier alpha value is 0.150. The van der Waals surface area contributed by atoms with E-state index in [0.717, 1.165) is 5.75 Å². The minimum atomic E-state index is 0.622. The van der Waals surface area contributed by atoms with Crippen LogP contribution < -0.4 is 0 Å². The average Bonchev–Trinajstić information content (AvgIpc) is 1.98. The van der Waals surface area contributed by atoms with Gasteiger partial charge in [0.15, 0.2) is 0 Å². The fourth-order valence-corrected chi connectivity index (χ4v) is 1.63. The number of hydrogen-bond donors (Lipinski definition) is 0. The third-order valence-corrected chi connectivity index (χ3v) is 2.66. The van der Waals surface area contributed by atoms with Gasteiger partial charge in [-0.15, -0.1) is 0 Å². The Morgan fingerprint density at radius 3 is 2.55 bits per heavy atom. The van der Waals surface area contributed by atoms with Crippen molar-refractivity contribution < 1.29 is 0 Å². The highest BCUT2D eigenvalue weighted by atomic mass is 35.5. The molecule has 0 amide bonds. The van der Waals surface area contributed by atoms with Crippen molar-refractivity contribution in [1.82, 2.24) is 0 Å². The van der Waals surface area contributed by atoms with Crippen LogP contribution in [0, 0.1) is 0 Å². The molecule has 0 spiro atoms. The maximum atomic E-state index is 5.81. The number of benzene rings is 1. The van der Waals surface area contributed by atoms with Crippen molar-refractivity contribution in [3.63, 3.8) is 0 Å². The maximum absolute atomic E-state index is 5.81. The normalized spacial score (nSPS) is 10.1. The van der Waals surface area contributed by atoms with Crippen LogP contribution in [0.2, 0.25) is 10.0 Å². The van der Waals surface area contributed by atoms with Gasteiger partial charge < -0.3 is 0 Å². The molecular weight excluding hydrogens is 199 g/mol. The highest BCUT2D eigenvalue weighted by Crippen LogP contribution is 2.23. The van der Waals surface area contributed by atoms with Crippen molar-refractivity contribution in [1.29, 1.82) is 0 Å². The van der Waals surface area contributed by atoms with Gasteiger partial charge in [0.05, 0.1) is 10.0 Å². The van der Waals surface area contributed by atoms with Gasteiger partial charge in [-0.1, -0.05) is 29.3 Å². The maximum Gasteiger partial charge on any atom is 0.0595 e. The second-order valence-corrected chi connectivity index (χ2v) is 3.86. The van der Waals surface area contributed by atoms with Gasteiger partial charge in [-0.05, 0) is 24.0 Å². The Balaban J connectivity index is 2.86. The summed E-state index contributed by atoms with van der Waals surface area (Å²) in [5.41, 5.74) is 1.21. The lowest BCUT2D eigenvalue weighted by Crippen LogP contribution is -1.78. The molecule has 0 N–H and O–H groups in total. The Kier molecular flexibility index (Phi) is 3.57. The average molecular weight is 207 g/mol. The lowest BCUT2D eigenvalue weighted by molar-refractivity contribution is 1.42. The quantitative estimate of drug-likeness (QED) is 0.709. The van der Waals surface area contributed by atoms with E-state index in [-0.39, 0.29) is 0 Å². The lowest BCUT2D eigenvalue weighted by atomic mass is 10.2. The van der Waals surface area contributed by atoms with Crippen LogP contribution in [0.3, 0.4) is 0 Å². The monoisotopic (exact) mass is 206 g/mol. The fraction of sp³-hybridized carbons (Fsp3) is 0.250. The van der Waals surface area contributed by atoms with E-state index in [9.17, 15) is 0 Å². The molecule has 0 aromatic heterocycles. The SMILES string of the molecule is CSCc1ccc(Cl)c(Cl)c1. The highest BCUT2D eigenvalue weighted by molar-refractivity contribution is 7.97. The second kappa shape index (κ2) is 4.24. The standard InChI is InChI=1S/C8H8Cl2S/c1-11-5-6-2-3-7(9)8(10)4-6/h2-4H,5H2,1H3. The van der Waals surface area contributed by atoms with Crippen LogP contribution in [0.15, 0.2) is 18.2 Å². The van der Waals surface area contributed by atoms with Gasteiger partial charge in [0.1, 0.15) is 0 Å². The summed E-state index contributed by atoms with van der Waals surface area (Å²) in [6.45, 7) is 0. The molecule has 0 saturated heterocycles. The third kappa shape index (κ3) is 2.58. The molecule has 1 rings (SSSR count). The van der Waals surface area contributed by atoms with Crippen LogP contribution in [-0.2, 0) is 5.75 Å². The minimum Gasteiger partial charge on any atom is -0.161 e. The number of thioether (sulfide) groups is 1. The Bertz CT molecular complexity index is 248. The van der Waals surface area contributed by atoms with Gasteiger partial charge in [-0.3, -0.25) is 0 Å². The van der Waals surface area contributed by atoms with Gasteiger partial charge in [0, 0.05) is 5.75 Å². The lowest BCUT2D eigenvalue weighted by Gasteiger charge is -1.99. The van der Waals surface area contributed by atoms with E-state index in [1.165, 1.54) is 5.56 Å². The van der Waals surface area contributed by atoms with Crippen molar-refractivity contribution in [2.24, 2.45) is 0 Å². The van der Waals surface area contributed by atoms with Crippen LogP contribution in [0.1, 0.15) is 5.56 Å². The predicted octanol–water partition coefficient (Wildman–Crippen LogP) is 3.86. The van der Waals surface area contributed by atoms with Crippen LogP contribution in [0.5, 0.6) is 0 Å². The highest BCUT2D eigenvalue weighted by Gasteiger charge is 1.97. The molecular formula is C8H8Cl2S. The van der Waals surface area contributed by atoms with E-state index in [0.29, 0.717) is 10.0 Å². The molecule has 0 aliphatic heterocycles. The summed E-state index contributed by atoms with van der Waals surface area (Å²) in [7, 11) is 0. The van der Waals surface area contributed by atoms with Gasteiger partial charge in [-0.2, -0.15) is 11.8 Å². The zero-order valence-corrected chi connectivity index (χ0v) is 8.43. The van der Waals surface area contributed by atoms with Gasteiger partial charge in [0.25, 0.3) is 0 Å². The smallest absolute Gasteiger partial charge is 0.0595 e. The molecule has 0 unspecified atom stereocenters. The molecule has 0 heterocycles. The molecule has 0 nitrogen and oxygen atoms in total. The van der Waals surface area contributed by atoms with E-state index in [1.807, 2.05) is 18.2 Å². The summed E-state index contributed by atoms with van der Waals surface area (Å²) in [5.74, 6) is 0.983. The molecule has 11 heavy (non-hydrogen) atoms. The first kappa shape index (κ1) is 9.24. The molecule has 1 aromatic carbocycles. The molecule has 0 fully saturated rings. The second-order valence-electron chi connectivity index (χ2n) is 2.18.